The molecular weight excluding hydrogens is 288 g/mol. The summed E-state index contributed by atoms with van der Waals surface area (Å²) in [7, 11) is 0. The number of amides is 1. The second-order valence-corrected chi connectivity index (χ2v) is 4.60. The van der Waals surface area contributed by atoms with E-state index in [1.165, 1.54) is 29.5 Å². The summed E-state index contributed by atoms with van der Waals surface area (Å²) in [6.45, 7) is -2.72. The number of ether oxygens (including phenoxy) is 1. The zero-order chi connectivity index (χ0) is 14.5. The van der Waals surface area contributed by atoms with E-state index in [-0.39, 0.29) is 23.7 Å². The molecule has 2 rings (SSSR count). The third-order valence-corrected chi connectivity index (χ3v) is 3.18. The fraction of sp³-hybridized carbons (Fsp3) is 0.167. The average Bonchev–Trinajstić information content (AvgIpc) is 2.89. The van der Waals surface area contributed by atoms with E-state index in [1.54, 1.807) is 11.4 Å². The van der Waals surface area contributed by atoms with E-state index in [4.69, 9.17) is 5.73 Å². The Morgan fingerprint density at radius 1 is 1.45 bits per heavy atom. The molecule has 0 spiro atoms. The van der Waals surface area contributed by atoms with Crippen molar-refractivity contribution in [3.05, 3.63) is 40.3 Å². The molecule has 106 valence electrons. The average molecular weight is 299 g/mol. The summed E-state index contributed by atoms with van der Waals surface area (Å²) in [6, 6.07) is 5.93. The molecule has 5 nitrogen and oxygen atoms in total. The van der Waals surface area contributed by atoms with Crippen molar-refractivity contribution in [1.29, 1.82) is 0 Å². The molecule has 1 amide bonds. The summed E-state index contributed by atoms with van der Waals surface area (Å²) in [5.74, 6) is -0.614. The molecule has 2 aromatic rings. The van der Waals surface area contributed by atoms with Gasteiger partial charge in [-0.2, -0.15) is 8.78 Å². The van der Waals surface area contributed by atoms with Gasteiger partial charge in [0.25, 0.3) is 5.91 Å². The molecule has 3 N–H and O–H groups in total. The Labute approximate surface area is 117 Å². The van der Waals surface area contributed by atoms with Gasteiger partial charge in [-0.05, 0) is 12.1 Å². The molecular formula is C12H11F2N3O2S. The summed E-state index contributed by atoms with van der Waals surface area (Å²) in [5, 5.41) is 4.64. The zero-order valence-corrected chi connectivity index (χ0v) is 11.0. The number of aromatic nitrogens is 1. The predicted molar refractivity (Wildman–Crippen MR) is 71.0 cm³/mol. The van der Waals surface area contributed by atoms with Gasteiger partial charge in [0.05, 0.1) is 5.69 Å². The van der Waals surface area contributed by atoms with E-state index in [0.717, 1.165) is 0 Å². The lowest BCUT2D eigenvalue weighted by Gasteiger charge is -2.10. The van der Waals surface area contributed by atoms with Gasteiger partial charge in [-0.3, -0.25) is 4.79 Å². The first-order valence-corrected chi connectivity index (χ1v) is 6.47. The first-order chi connectivity index (χ1) is 9.60. The molecule has 0 atom stereocenters. The molecule has 0 aliphatic carbocycles. The highest BCUT2D eigenvalue weighted by Gasteiger charge is 2.14. The van der Waals surface area contributed by atoms with Crippen molar-refractivity contribution >= 4 is 22.9 Å². The van der Waals surface area contributed by atoms with Gasteiger partial charge in [0.1, 0.15) is 16.5 Å². The number of nitrogens with one attached hydrogen (secondary N) is 1. The van der Waals surface area contributed by atoms with Crippen molar-refractivity contribution in [1.82, 2.24) is 4.98 Å². The quantitative estimate of drug-likeness (QED) is 0.889. The van der Waals surface area contributed by atoms with E-state index >= 15 is 0 Å². The van der Waals surface area contributed by atoms with Crippen molar-refractivity contribution in [2.75, 3.05) is 5.32 Å². The summed E-state index contributed by atoms with van der Waals surface area (Å²) >= 11 is 1.26. The van der Waals surface area contributed by atoms with Crippen molar-refractivity contribution in [3.8, 4) is 5.75 Å². The lowest BCUT2D eigenvalue weighted by molar-refractivity contribution is -0.0493. The number of alkyl halides is 2. The number of halogens is 2. The number of carbonyl (C=O) groups excluding carboxylic acids is 1. The van der Waals surface area contributed by atoms with Crippen LogP contribution in [-0.4, -0.2) is 17.5 Å². The van der Waals surface area contributed by atoms with Crippen molar-refractivity contribution in [2.24, 2.45) is 5.73 Å². The number of benzene rings is 1. The van der Waals surface area contributed by atoms with Gasteiger partial charge >= 0.3 is 6.61 Å². The molecule has 0 saturated carbocycles. The molecule has 0 radical (unpaired) electrons. The molecule has 0 unspecified atom stereocenters. The van der Waals surface area contributed by atoms with Gasteiger partial charge in [0.2, 0.25) is 0 Å². The molecule has 8 heteroatoms. The lowest BCUT2D eigenvalue weighted by Crippen LogP contribution is -2.14. The van der Waals surface area contributed by atoms with Crippen molar-refractivity contribution < 1.29 is 18.3 Å². The van der Waals surface area contributed by atoms with E-state index in [9.17, 15) is 13.6 Å². The van der Waals surface area contributed by atoms with Crippen LogP contribution in [0.4, 0.5) is 14.5 Å². The van der Waals surface area contributed by atoms with E-state index < -0.39 is 12.5 Å². The molecule has 0 bridgehead atoms. The van der Waals surface area contributed by atoms with Crippen LogP contribution in [0.2, 0.25) is 0 Å². The first-order valence-electron chi connectivity index (χ1n) is 5.60. The molecule has 20 heavy (non-hydrogen) atoms. The number of hydrogen-bond acceptors (Lipinski definition) is 5. The lowest BCUT2D eigenvalue weighted by atomic mass is 10.3. The molecule has 0 fully saturated rings. The number of thiazole rings is 1. The minimum atomic E-state index is -2.96. The van der Waals surface area contributed by atoms with Gasteiger partial charge in [0, 0.05) is 11.9 Å². The summed E-state index contributed by atoms with van der Waals surface area (Å²) in [5.41, 5.74) is 5.74. The maximum atomic E-state index is 12.3. The first kappa shape index (κ1) is 14.4. The number of anilines is 1. The normalized spacial score (nSPS) is 10.6. The molecule has 1 heterocycles. The zero-order valence-electron chi connectivity index (χ0n) is 10.2. The van der Waals surface area contributed by atoms with Crippen LogP contribution in [0.3, 0.4) is 0 Å². The smallest absolute Gasteiger partial charge is 0.387 e. The molecule has 0 saturated heterocycles. The highest BCUT2D eigenvalue weighted by molar-refractivity contribution is 7.09. The van der Waals surface area contributed by atoms with Crippen LogP contribution >= 0.6 is 11.3 Å². The number of carbonyl (C=O) groups is 1. The van der Waals surface area contributed by atoms with Crippen molar-refractivity contribution in [2.45, 2.75) is 13.2 Å². The molecule has 0 aliphatic heterocycles. The van der Waals surface area contributed by atoms with Gasteiger partial charge < -0.3 is 15.8 Å². The summed E-state index contributed by atoms with van der Waals surface area (Å²) in [4.78, 5) is 15.9. The van der Waals surface area contributed by atoms with Crippen LogP contribution in [0, 0.1) is 0 Å². The maximum Gasteiger partial charge on any atom is 0.387 e. The Bertz CT molecular complexity index is 604. The van der Waals surface area contributed by atoms with Crippen LogP contribution < -0.4 is 15.8 Å². The van der Waals surface area contributed by atoms with Crippen LogP contribution in [-0.2, 0) is 6.54 Å². The Kier molecular flexibility index (Phi) is 4.59. The topological polar surface area (TPSA) is 77.2 Å². The van der Waals surface area contributed by atoms with Gasteiger partial charge in [-0.25, -0.2) is 4.98 Å². The minimum absolute atomic E-state index is 0.106. The Morgan fingerprint density at radius 2 is 2.20 bits per heavy atom. The third kappa shape index (κ3) is 3.49. The maximum absolute atomic E-state index is 12.3. The predicted octanol–water partition coefficient (Wildman–Crippen LogP) is 2.46. The van der Waals surface area contributed by atoms with Crippen LogP contribution in [0.25, 0.3) is 0 Å². The standard InChI is InChI=1S/C12H11F2N3O2S/c13-12(14)19-9-4-2-1-3-7(9)17-11(18)8-6-20-10(5-15)16-8/h1-4,6,12H,5,15H2,(H,17,18). The largest absolute Gasteiger partial charge is 0.433 e. The molecule has 1 aromatic carbocycles. The Hall–Kier alpha value is -2.06. The van der Waals surface area contributed by atoms with Gasteiger partial charge in [0.15, 0.2) is 0 Å². The van der Waals surface area contributed by atoms with Crippen LogP contribution in [0.15, 0.2) is 29.6 Å². The minimum Gasteiger partial charge on any atom is -0.433 e. The number of hydrogen-bond donors (Lipinski definition) is 2. The second-order valence-electron chi connectivity index (χ2n) is 3.66. The number of para-hydroxylation sites is 2. The number of nitrogens with two attached hydrogens (primary N) is 1. The summed E-state index contributed by atoms with van der Waals surface area (Å²) < 4.78 is 28.8. The van der Waals surface area contributed by atoms with Gasteiger partial charge in [-0.15, -0.1) is 11.3 Å². The van der Waals surface area contributed by atoms with E-state index in [2.05, 4.69) is 15.0 Å². The summed E-state index contributed by atoms with van der Waals surface area (Å²) in [6.07, 6.45) is 0. The van der Waals surface area contributed by atoms with E-state index in [1.807, 2.05) is 0 Å². The van der Waals surface area contributed by atoms with Crippen LogP contribution in [0.5, 0.6) is 5.75 Å². The monoisotopic (exact) mass is 299 g/mol. The van der Waals surface area contributed by atoms with Crippen LogP contribution in [0.1, 0.15) is 15.5 Å². The Balaban J connectivity index is 2.15. The fourth-order valence-corrected chi connectivity index (χ4v) is 2.12. The highest BCUT2D eigenvalue weighted by atomic mass is 32.1. The highest BCUT2D eigenvalue weighted by Crippen LogP contribution is 2.26. The fourth-order valence-electron chi connectivity index (χ4n) is 1.46. The van der Waals surface area contributed by atoms with Crippen molar-refractivity contribution in [3.63, 3.8) is 0 Å². The Morgan fingerprint density at radius 3 is 2.85 bits per heavy atom. The van der Waals surface area contributed by atoms with E-state index in [0.29, 0.717) is 5.01 Å². The SMILES string of the molecule is NCc1nc(C(=O)Nc2ccccc2OC(F)F)cs1. The number of nitrogens with zero attached hydrogens (tertiary/aromatic N) is 1. The third-order valence-electron chi connectivity index (χ3n) is 2.31. The molecule has 1 aromatic heterocycles. The molecule has 0 aliphatic rings. The van der Waals surface area contributed by atoms with Gasteiger partial charge in [-0.1, -0.05) is 12.1 Å². The number of rotatable bonds is 5. The second kappa shape index (κ2) is 6.40.